The van der Waals surface area contributed by atoms with E-state index in [0.29, 0.717) is 19.3 Å². The lowest BCUT2D eigenvalue weighted by Gasteiger charge is -2.18. The minimum atomic E-state index is -0.805. The van der Waals surface area contributed by atoms with Gasteiger partial charge < -0.3 is 14.2 Å². The van der Waals surface area contributed by atoms with Gasteiger partial charge in [-0.3, -0.25) is 14.4 Å². The number of hydrogen-bond acceptors (Lipinski definition) is 6. The van der Waals surface area contributed by atoms with E-state index in [-0.39, 0.29) is 37.5 Å². The summed E-state index contributed by atoms with van der Waals surface area (Å²) in [6.07, 6.45) is 67.1. The summed E-state index contributed by atoms with van der Waals surface area (Å²) in [6.45, 7) is 6.44. The number of esters is 3. The second kappa shape index (κ2) is 52.2. The van der Waals surface area contributed by atoms with E-state index in [0.717, 1.165) is 103 Å². The fourth-order valence-corrected chi connectivity index (χ4v) is 7.10. The Kier molecular flexibility index (Phi) is 49.4. The van der Waals surface area contributed by atoms with E-state index in [2.05, 4.69) is 106 Å². The van der Waals surface area contributed by atoms with E-state index in [1.807, 2.05) is 0 Å². The van der Waals surface area contributed by atoms with E-state index in [9.17, 15) is 14.4 Å². The average Bonchev–Trinajstić information content (AvgIpc) is 3.29. The molecule has 0 spiro atoms. The zero-order valence-electron chi connectivity index (χ0n) is 41.8. The molecule has 0 bridgehead atoms. The maximum Gasteiger partial charge on any atom is 0.306 e. The van der Waals surface area contributed by atoms with Crippen molar-refractivity contribution in [2.75, 3.05) is 13.2 Å². The van der Waals surface area contributed by atoms with E-state index in [1.54, 1.807) is 0 Å². The van der Waals surface area contributed by atoms with Crippen LogP contribution in [-0.4, -0.2) is 37.2 Å². The van der Waals surface area contributed by atoms with Gasteiger partial charge in [-0.1, -0.05) is 196 Å². The summed E-state index contributed by atoms with van der Waals surface area (Å²) in [4.78, 5) is 38.0. The molecule has 0 aromatic carbocycles. The summed E-state index contributed by atoms with van der Waals surface area (Å²) in [5, 5.41) is 0. The van der Waals surface area contributed by atoms with E-state index >= 15 is 0 Å². The molecule has 0 saturated carbocycles. The summed E-state index contributed by atoms with van der Waals surface area (Å²) < 4.78 is 16.8. The minimum Gasteiger partial charge on any atom is -0.462 e. The predicted octanol–water partition coefficient (Wildman–Crippen LogP) is 17.6. The first-order valence-corrected chi connectivity index (χ1v) is 26.6. The Morgan fingerprint density at radius 2 is 0.609 bits per heavy atom. The van der Waals surface area contributed by atoms with Crippen molar-refractivity contribution < 1.29 is 28.6 Å². The molecule has 0 saturated heterocycles. The van der Waals surface area contributed by atoms with E-state index in [1.165, 1.54) is 96.3 Å². The zero-order chi connectivity index (χ0) is 46.5. The van der Waals surface area contributed by atoms with Gasteiger partial charge in [0, 0.05) is 19.3 Å². The largest absolute Gasteiger partial charge is 0.462 e. The summed E-state index contributed by atoms with van der Waals surface area (Å²) in [5.41, 5.74) is 0. The number of ether oxygens (including phenoxy) is 3. The highest BCUT2D eigenvalue weighted by molar-refractivity contribution is 5.71. The van der Waals surface area contributed by atoms with Gasteiger partial charge in [0.25, 0.3) is 0 Å². The van der Waals surface area contributed by atoms with Crippen LogP contribution in [0.1, 0.15) is 245 Å². The van der Waals surface area contributed by atoms with Crippen molar-refractivity contribution in [2.24, 2.45) is 0 Å². The molecule has 366 valence electrons. The van der Waals surface area contributed by atoms with Gasteiger partial charge in [-0.05, 0) is 116 Å². The molecule has 0 radical (unpaired) electrons. The lowest BCUT2D eigenvalue weighted by atomic mass is 10.1. The molecule has 0 aromatic heterocycles. The third-order valence-electron chi connectivity index (χ3n) is 11.1. The van der Waals surface area contributed by atoms with Crippen molar-refractivity contribution in [3.8, 4) is 0 Å². The molecule has 0 aliphatic heterocycles. The van der Waals surface area contributed by atoms with Gasteiger partial charge in [0.2, 0.25) is 0 Å². The normalized spacial score (nSPS) is 12.7. The number of carbonyl (C=O) groups is 3. The summed E-state index contributed by atoms with van der Waals surface area (Å²) >= 11 is 0. The van der Waals surface area contributed by atoms with Crippen molar-refractivity contribution in [1.29, 1.82) is 0 Å². The highest BCUT2D eigenvalue weighted by Crippen LogP contribution is 2.13. The number of hydrogen-bond donors (Lipinski definition) is 0. The van der Waals surface area contributed by atoms with Crippen LogP contribution in [0.2, 0.25) is 0 Å². The minimum absolute atomic E-state index is 0.100. The Balaban J connectivity index is 4.46. The maximum atomic E-state index is 12.8. The average molecular weight is 891 g/mol. The van der Waals surface area contributed by atoms with Crippen LogP contribution in [-0.2, 0) is 28.6 Å². The van der Waals surface area contributed by atoms with Crippen LogP contribution >= 0.6 is 0 Å². The molecule has 6 nitrogen and oxygen atoms in total. The molecule has 0 aliphatic rings. The molecule has 0 aliphatic carbocycles. The number of carbonyl (C=O) groups excluding carboxylic acids is 3. The van der Waals surface area contributed by atoms with Gasteiger partial charge >= 0.3 is 17.9 Å². The van der Waals surface area contributed by atoms with Crippen molar-refractivity contribution in [2.45, 2.75) is 252 Å². The Morgan fingerprint density at radius 3 is 1.00 bits per heavy atom. The lowest BCUT2D eigenvalue weighted by molar-refractivity contribution is -0.167. The van der Waals surface area contributed by atoms with Gasteiger partial charge in [0.15, 0.2) is 6.10 Å². The molecule has 0 rings (SSSR count). The van der Waals surface area contributed by atoms with Crippen LogP contribution in [0, 0.1) is 0 Å². The first-order valence-electron chi connectivity index (χ1n) is 26.6. The van der Waals surface area contributed by atoms with Gasteiger partial charge in [-0.15, -0.1) is 0 Å². The van der Waals surface area contributed by atoms with E-state index < -0.39 is 6.10 Å². The van der Waals surface area contributed by atoms with Gasteiger partial charge in [0.05, 0.1) is 0 Å². The molecule has 6 heteroatoms. The Morgan fingerprint density at radius 1 is 0.328 bits per heavy atom. The number of allylic oxidation sites excluding steroid dienone is 14. The Hall–Kier alpha value is -3.41. The van der Waals surface area contributed by atoms with Gasteiger partial charge in [-0.2, -0.15) is 0 Å². The van der Waals surface area contributed by atoms with Crippen LogP contribution in [0.3, 0.4) is 0 Å². The van der Waals surface area contributed by atoms with Crippen LogP contribution in [0.5, 0.6) is 0 Å². The Bertz CT molecular complexity index is 1250. The number of rotatable bonds is 47. The summed E-state index contributed by atoms with van der Waals surface area (Å²) in [7, 11) is 0. The second-order valence-electron chi connectivity index (χ2n) is 17.4. The molecule has 64 heavy (non-hydrogen) atoms. The zero-order valence-corrected chi connectivity index (χ0v) is 41.8. The smallest absolute Gasteiger partial charge is 0.306 e. The fourth-order valence-electron chi connectivity index (χ4n) is 7.10. The quantitative estimate of drug-likeness (QED) is 0.0262. The first kappa shape index (κ1) is 60.6. The maximum absolute atomic E-state index is 12.8. The fraction of sp³-hybridized carbons (Fsp3) is 0.707. The van der Waals surface area contributed by atoms with Crippen LogP contribution in [0.15, 0.2) is 85.1 Å². The third-order valence-corrected chi connectivity index (χ3v) is 11.1. The summed E-state index contributed by atoms with van der Waals surface area (Å²) in [5.74, 6) is -0.958. The SMILES string of the molecule is CC/C=C\C/C=C\C/C=C\C/C=C\CCCCC(=O)OC(COC(=O)CCCCCCC/C=C\CCCCCC)COC(=O)CCCCCCCCC/C=C\C/C=C\CCCCCC. The van der Waals surface area contributed by atoms with Gasteiger partial charge in [-0.25, -0.2) is 0 Å². The third kappa shape index (κ3) is 49.6. The molecule has 0 aromatic rings. The molecule has 1 unspecified atom stereocenters. The lowest BCUT2D eigenvalue weighted by Crippen LogP contribution is -2.30. The van der Waals surface area contributed by atoms with Crippen LogP contribution in [0.4, 0.5) is 0 Å². The standard InChI is InChI=1S/C58H98O6/c1-4-7-10-13-16-19-22-25-27-28-29-31-33-36-39-42-45-48-51-57(60)63-54-55(53-62-56(59)50-47-44-41-38-35-32-24-21-18-15-12-9-6-3)64-58(61)52-49-46-43-40-37-34-30-26-23-20-17-14-11-8-5-2/h8,11,17,19-22,24,26-28,30,37,40,55H,4-7,9-10,12-16,18,23,25,29,31-36,38-39,41-54H2,1-3H3/b11-8-,20-17-,22-19-,24-21-,28-27-,30-26-,40-37-. The van der Waals surface area contributed by atoms with Crippen LogP contribution < -0.4 is 0 Å². The van der Waals surface area contributed by atoms with Crippen molar-refractivity contribution in [3.63, 3.8) is 0 Å². The highest BCUT2D eigenvalue weighted by Gasteiger charge is 2.19. The molecule has 0 heterocycles. The molecule has 0 fully saturated rings. The van der Waals surface area contributed by atoms with E-state index in [4.69, 9.17) is 14.2 Å². The molecular formula is C58H98O6. The van der Waals surface area contributed by atoms with Crippen molar-refractivity contribution in [3.05, 3.63) is 85.1 Å². The first-order chi connectivity index (χ1) is 31.5. The van der Waals surface area contributed by atoms with Crippen LogP contribution in [0.25, 0.3) is 0 Å². The monoisotopic (exact) mass is 891 g/mol. The number of unbranched alkanes of at least 4 members (excludes halogenated alkanes) is 22. The summed E-state index contributed by atoms with van der Waals surface area (Å²) in [6, 6.07) is 0. The van der Waals surface area contributed by atoms with Crippen molar-refractivity contribution >= 4 is 17.9 Å². The Labute approximate surface area is 395 Å². The highest BCUT2D eigenvalue weighted by atomic mass is 16.6. The molecule has 0 amide bonds. The van der Waals surface area contributed by atoms with Gasteiger partial charge in [0.1, 0.15) is 13.2 Å². The van der Waals surface area contributed by atoms with Crippen molar-refractivity contribution in [1.82, 2.24) is 0 Å². The molecular weight excluding hydrogens is 793 g/mol. The predicted molar refractivity (Wildman–Crippen MR) is 274 cm³/mol. The molecule has 0 N–H and O–H groups in total. The second-order valence-corrected chi connectivity index (χ2v) is 17.4. The topological polar surface area (TPSA) is 78.9 Å². The molecule has 1 atom stereocenters.